The lowest BCUT2D eigenvalue weighted by atomic mass is 10.2. The molecule has 0 spiro atoms. The lowest BCUT2D eigenvalue weighted by molar-refractivity contribution is 0.0756. The van der Waals surface area contributed by atoms with Crippen LogP contribution in [0, 0.1) is 0 Å². The van der Waals surface area contributed by atoms with E-state index in [0.717, 1.165) is 32.5 Å². The van der Waals surface area contributed by atoms with Crippen molar-refractivity contribution in [3.05, 3.63) is 16.9 Å². The number of nitrogens with zero attached hydrogens (tertiary/aromatic N) is 4. The summed E-state index contributed by atoms with van der Waals surface area (Å²) in [5.74, 6) is 0.436. The van der Waals surface area contributed by atoms with Crippen LogP contribution in [0.3, 0.4) is 0 Å². The first-order valence-electron chi connectivity index (χ1n) is 7.65. The average molecular weight is 313 g/mol. The van der Waals surface area contributed by atoms with E-state index in [-0.39, 0.29) is 5.91 Å². The van der Waals surface area contributed by atoms with Crippen LogP contribution in [0.25, 0.3) is 0 Å². The van der Waals surface area contributed by atoms with E-state index in [9.17, 15) is 4.79 Å². The molecule has 1 aromatic heterocycles. The molecule has 0 aliphatic rings. The summed E-state index contributed by atoms with van der Waals surface area (Å²) in [4.78, 5) is 25.0. The van der Waals surface area contributed by atoms with Crippen LogP contribution >= 0.6 is 11.6 Å². The van der Waals surface area contributed by atoms with Crippen molar-refractivity contribution in [2.45, 2.75) is 40.5 Å². The fourth-order valence-corrected chi connectivity index (χ4v) is 2.24. The molecule has 0 atom stereocenters. The van der Waals surface area contributed by atoms with Gasteiger partial charge in [-0.1, -0.05) is 24.9 Å². The van der Waals surface area contributed by atoms with E-state index in [1.165, 1.54) is 6.20 Å². The molecule has 0 fully saturated rings. The topological polar surface area (TPSA) is 49.3 Å². The fourth-order valence-electron chi connectivity index (χ4n) is 2.07. The highest BCUT2D eigenvalue weighted by Gasteiger charge is 2.20. The zero-order chi connectivity index (χ0) is 15.8. The van der Waals surface area contributed by atoms with Gasteiger partial charge in [0.05, 0.1) is 11.2 Å². The lowest BCUT2D eigenvalue weighted by Gasteiger charge is -2.22. The van der Waals surface area contributed by atoms with Gasteiger partial charge < -0.3 is 9.80 Å². The van der Waals surface area contributed by atoms with E-state index in [0.29, 0.717) is 23.2 Å². The van der Waals surface area contributed by atoms with Gasteiger partial charge in [0.15, 0.2) is 5.69 Å². The van der Waals surface area contributed by atoms with Gasteiger partial charge in [0.1, 0.15) is 0 Å². The molecule has 118 valence electrons. The minimum Gasteiger partial charge on any atom is -0.341 e. The highest BCUT2D eigenvalue weighted by molar-refractivity contribution is 6.33. The summed E-state index contributed by atoms with van der Waals surface area (Å²) in [6.45, 7) is 11.1. The fraction of sp³-hybridized carbons (Fsp3) is 0.667. The number of rotatable bonds is 8. The molecule has 0 aliphatic carbocycles. The summed E-state index contributed by atoms with van der Waals surface area (Å²) < 4.78 is 0. The highest BCUT2D eigenvalue weighted by atomic mass is 35.5. The predicted octanol–water partition coefficient (Wildman–Crippen LogP) is 3.24. The Morgan fingerprint density at radius 1 is 1.19 bits per heavy atom. The zero-order valence-electron chi connectivity index (χ0n) is 13.4. The summed E-state index contributed by atoms with van der Waals surface area (Å²) in [7, 11) is 0. The molecule has 0 N–H and O–H groups in total. The van der Waals surface area contributed by atoms with Crippen molar-refractivity contribution < 1.29 is 4.79 Å². The molecule has 21 heavy (non-hydrogen) atoms. The Bertz CT molecular complexity index is 463. The molecular formula is C15H25ClN4O. The number of unbranched alkanes of at least 4 members (excludes halogenated alkanes) is 1. The summed E-state index contributed by atoms with van der Waals surface area (Å²) >= 11 is 6.13. The summed E-state index contributed by atoms with van der Waals surface area (Å²) in [5, 5.41) is 0.311. The van der Waals surface area contributed by atoms with Crippen LogP contribution in [0.15, 0.2) is 6.20 Å². The van der Waals surface area contributed by atoms with Crippen molar-refractivity contribution in [1.29, 1.82) is 0 Å². The maximum absolute atomic E-state index is 12.6. The van der Waals surface area contributed by atoms with Crippen molar-refractivity contribution in [2.24, 2.45) is 0 Å². The van der Waals surface area contributed by atoms with Gasteiger partial charge >= 0.3 is 0 Å². The Hall–Kier alpha value is -1.36. The Balaban J connectivity index is 3.04. The van der Waals surface area contributed by atoms with E-state index >= 15 is 0 Å². The predicted molar refractivity (Wildman–Crippen MR) is 87.1 cm³/mol. The maximum atomic E-state index is 12.6. The third-order valence-corrected chi connectivity index (χ3v) is 3.71. The summed E-state index contributed by atoms with van der Waals surface area (Å²) in [6, 6.07) is 0. The molecule has 1 rings (SSSR count). The number of anilines is 1. The standard InChI is InChI=1S/C15H25ClN4O/c1-5-9-10-20(8-4)14(21)13-12(16)11-17-15(18-13)19(6-2)7-3/h11H,5-10H2,1-4H3. The second-order valence-corrected chi connectivity index (χ2v) is 5.18. The van der Waals surface area contributed by atoms with Gasteiger partial charge in [-0.3, -0.25) is 4.79 Å². The second-order valence-electron chi connectivity index (χ2n) is 4.78. The van der Waals surface area contributed by atoms with E-state index in [1.807, 2.05) is 25.7 Å². The Morgan fingerprint density at radius 2 is 1.86 bits per heavy atom. The van der Waals surface area contributed by atoms with Gasteiger partial charge in [-0.05, 0) is 27.2 Å². The number of carbonyl (C=O) groups excluding carboxylic acids is 1. The number of hydrogen-bond donors (Lipinski definition) is 0. The molecule has 0 unspecified atom stereocenters. The Labute approximate surface area is 132 Å². The molecule has 6 heteroatoms. The van der Waals surface area contributed by atoms with E-state index < -0.39 is 0 Å². The lowest BCUT2D eigenvalue weighted by Crippen LogP contribution is -2.33. The van der Waals surface area contributed by atoms with Gasteiger partial charge in [-0.15, -0.1) is 0 Å². The molecule has 0 aliphatic heterocycles. The third kappa shape index (κ3) is 4.56. The first kappa shape index (κ1) is 17.7. The quantitative estimate of drug-likeness (QED) is 0.739. The molecule has 5 nitrogen and oxygen atoms in total. The van der Waals surface area contributed by atoms with Crippen LogP contribution in [0.4, 0.5) is 5.95 Å². The van der Waals surface area contributed by atoms with Crippen LogP contribution < -0.4 is 4.90 Å². The first-order chi connectivity index (χ1) is 10.1. The molecule has 0 saturated heterocycles. The first-order valence-corrected chi connectivity index (χ1v) is 8.03. The number of carbonyl (C=O) groups is 1. The number of hydrogen-bond acceptors (Lipinski definition) is 4. The average Bonchev–Trinajstić information content (AvgIpc) is 2.50. The van der Waals surface area contributed by atoms with E-state index in [4.69, 9.17) is 11.6 Å². The van der Waals surface area contributed by atoms with E-state index in [2.05, 4.69) is 16.9 Å². The van der Waals surface area contributed by atoms with Gasteiger partial charge in [0, 0.05) is 26.2 Å². The third-order valence-electron chi connectivity index (χ3n) is 3.43. The van der Waals surface area contributed by atoms with Crippen LogP contribution in [-0.2, 0) is 0 Å². The number of aromatic nitrogens is 2. The second kappa shape index (κ2) is 8.82. The van der Waals surface area contributed by atoms with Crippen LogP contribution in [0.2, 0.25) is 5.02 Å². The summed E-state index contributed by atoms with van der Waals surface area (Å²) in [5.41, 5.74) is 0.298. The number of halogens is 1. The molecule has 1 amide bonds. The molecule has 0 saturated carbocycles. The van der Waals surface area contributed by atoms with E-state index in [1.54, 1.807) is 4.90 Å². The molecule has 0 bridgehead atoms. The van der Waals surface area contributed by atoms with Gasteiger partial charge in [0.25, 0.3) is 5.91 Å². The smallest absolute Gasteiger partial charge is 0.274 e. The van der Waals surface area contributed by atoms with Gasteiger partial charge in [-0.25, -0.2) is 9.97 Å². The SMILES string of the molecule is CCCCN(CC)C(=O)c1nc(N(CC)CC)ncc1Cl. The van der Waals surface area contributed by atoms with Crippen LogP contribution in [0.5, 0.6) is 0 Å². The monoisotopic (exact) mass is 312 g/mol. The minimum absolute atomic E-state index is 0.119. The molecule has 0 radical (unpaired) electrons. The van der Waals surface area contributed by atoms with Crippen molar-refractivity contribution in [2.75, 3.05) is 31.1 Å². The van der Waals surface area contributed by atoms with Crippen molar-refractivity contribution in [1.82, 2.24) is 14.9 Å². The van der Waals surface area contributed by atoms with Crippen molar-refractivity contribution in [3.63, 3.8) is 0 Å². The van der Waals surface area contributed by atoms with Crippen molar-refractivity contribution >= 4 is 23.5 Å². The van der Waals surface area contributed by atoms with Crippen LogP contribution in [0.1, 0.15) is 51.0 Å². The minimum atomic E-state index is -0.119. The van der Waals surface area contributed by atoms with Gasteiger partial charge in [0.2, 0.25) is 5.95 Å². The van der Waals surface area contributed by atoms with Gasteiger partial charge in [-0.2, -0.15) is 0 Å². The highest BCUT2D eigenvalue weighted by Crippen LogP contribution is 2.18. The van der Waals surface area contributed by atoms with Crippen LogP contribution in [-0.4, -0.2) is 47.0 Å². The molecular weight excluding hydrogens is 288 g/mol. The maximum Gasteiger partial charge on any atom is 0.274 e. The molecule has 0 aromatic carbocycles. The Kier molecular flexibility index (Phi) is 7.43. The Morgan fingerprint density at radius 3 is 2.38 bits per heavy atom. The number of amides is 1. The molecule has 1 aromatic rings. The zero-order valence-corrected chi connectivity index (χ0v) is 14.2. The normalized spacial score (nSPS) is 10.5. The van der Waals surface area contributed by atoms with Crippen molar-refractivity contribution in [3.8, 4) is 0 Å². The summed E-state index contributed by atoms with van der Waals surface area (Å²) in [6.07, 6.45) is 3.54. The molecule has 1 heterocycles. The largest absolute Gasteiger partial charge is 0.341 e.